The van der Waals surface area contributed by atoms with E-state index in [0.717, 1.165) is 19.5 Å². The maximum Gasteiger partial charge on any atom is 0.0528 e. The molecule has 1 spiro atoms. The van der Waals surface area contributed by atoms with Crippen LogP contribution in [-0.2, 0) is 11.8 Å². The fraction of sp³-hybridized carbons (Fsp3) is 0.750. The maximum atomic E-state index is 4.24. The second-order valence-electron chi connectivity index (χ2n) is 5.65. The fourth-order valence-electron chi connectivity index (χ4n) is 3.46. The maximum absolute atomic E-state index is 4.24. The van der Waals surface area contributed by atoms with Crippen LogP contribution < -0.4 is 5.32 Å². The summed E-state index contributed by atoms with van der Waals surface area (Å²) >= 11 is 0. The zero-order valence-electron chi connectivity index (χ0n) is 9.56. The number of hydrogen-bond acceptors (Lipinski definition) is 2. The molecule has 0 bridgehead atoms. The molecule has 1 fully saturated rings. The van der Waals surface area contributed by atoms with Crippen LogP contribution in [0.4, 0.5) is 0 Å². The zero-order chi connectivity index (χ0) is 10.5. The molecule has 0 amide bonds. The van der Waals surface area contributed by atoms with Crippen LogP contribution >= 0.6 is 0 Å². The lowest BCUT2D eigenvalue weighted by Gasteiger charge is -2.47. The number of aryl methyl sites for hydroxylation is 1. The third-order valence-corrected chi connectivity index (χ3v) is 4.68. The lowest BCUT2D eigenvalue weighted by atomic mass is 9.56. The first-order valence-electron chi connectivity index (χ1n) is 5.89. The van der Waals surface area contributed by atoms with Gasteiger partial charge in [-0.1, -0.05) is 13.8 Å². The number of fused-ring (bicyclic) bond motifs is 2. The van der Waals surface area contributed by atoms with Gasteiger partial charge in [0.1, 0.15) is 0 Å². The van der Waals surface area contributed by atoms with Crippen molar-refractivity contribution in [2.45, 2.75) is 38.5 Å². The van der Waals surface area contributed by atoms with Crippen LogP contribution in [0.1, 0.15) is 37.9 Å². The first-order valence-corrected chi connectivity index (χ1v) is 5.89. The van der Waals surface area contributed by atoms with Gasteiger partial charge in [0.05, 0.1) is 6.20 Å². The average molecular weight is 205 g/mol. The first kappa shape index (κ1) is 9.40. The van der Waals surface area contributed by atoms with Crippen molar-refractivity contribution in [1.29, 1.82) is 0 Å². The van der Waals surface area contributed by atoms with E-state index in [1.165, 1.54) is 24.1 Å². The van der Waals surface area contributed by atoms with Crippen LogP contribution in [0.2, 0.25) is 0 Å². The summed E-state index contributed by atoms with van der Waals surface area (Å²) in [4.78, 5) is 0. The Balaban J connectivity index is 2.16. The highest BCUT2D eigenvalue weighted by Crippen LogP contribution is 2.52. The summed E-state index contributed by atoms with van der Waals surface area (Å²) in [6, 6.07) is 0. The molecule has 3 heteroatoms. The summed E-state index contributed by atoms with van der Waals surface area (Å²) in [5.41, 5.74) is 3.57. The number of nitrogens with zero attached hydrogens (tertiary/aromatic N) is 1. The molecule has 3 nitrogen and oxygen atoms in total. The summed E-state index contributed by atoms with van der Waals surface area (Å²) < 4.78 is 0. The number of hydrogen-bond donors (Lipinski definition) is 2. The zero-order valence-corrected chi connectivity index (χ0v) is 9.56. The lowest BCUT2D eigenvalue weighted by molar-refractivity contribution is 0.146. The first-order chi connectivity index (χ1) is 7.16. The average Bonchev–Trinajstić information content (AvgIpc) is 2.83. The molecule has 0 aromatic carbocycles. The van der Waals surface area contributed by atoms with Crippen molar-refractivity contribution in [3.8, 4) is 0 Å². The monoisotopic (exact) mass is 205 g/mol. The Hall–Kier alpha value is -0.830. The highest BCUT2D eigenvalue weighted by Gasteiger charge is 2.51. The molecule has 1 saturated heterocycles. The van der Waals surface area contributed by atoms with E-state index in [-0.39, 0.29) is 0 Å². The molecule has 1 unspecified atom stereocenters. The van der Waals surface area contributed by atoms with Gasteiger partial charge in [-0.3, -0.25) is 5.10 Å². The van der Waals surface area contributed by atoms with Gasteiger partial charge < -0.3 is 5.32 Å². The molecule has 3 rings (SSSR count). The number of rotatable bonds is 0. The summed E-state index contributed by atoms with van der Waals surface area (Å²) in [5, 5.41) is 10.9. The highest BCUT2D eigenvalue weighted by molar-refractivity contribution is 5.35. The standard InChI is InChI=1S/C12H19N3/c1-11(2)4-3-10-9(7-14-15-10)12(11)5-6-13-8-12/h7,13H,3-6,8H2,1-2H3,(H,14,15). The Kier molecular flexibility index (Phi) is 1.78. The van der Waals surface area contributed by atoms with E-state index in [2.05, 4.69) is 35.6 Å². The van der Waals surface area contributed by atoms with E-state index in [1.54, 1.807) is 0 Å². The van der Waals surface area contributed by atoms with Crippen LogP contribution in [0.3, 0.4) is 0 Å². The van der Waals surface area contributed by atoms with Gasteiger partial charge in [0.15, 0.2) is 0 Å². The van der Waals surface area contributed by atoms with Crippen LogP contribution in [-0.4, -0.2) is 23.3 Å². The summed E-state index contributed by atoms with van der Waals surface area (Å²) in [6.07, 6.45) is 5.74. The van der Waals surface area contributed by atoms with Crippen molar-refractivity contribution in [3.63, 3.8) is 0 Å². The number of H-pyrrole nitrogens is 1. The van der Waals surface area contributed by atoms with Gasteiger partial charge in [0.2, 0.25) is 0 Å². The highest BCUT2D eigenvalue weighted by atomic mass is 15.1. The van der Waals surface area contributed by atoms with E-state index in [1.807, 2.05) is 0 Å². The minimum Gasteiger partial charge on any atom is -0.316 e. The Morgan fingerprint density at radius 2 is 2.20 bits per heavy atom. The van der Waals surface area contributed by atoms with Crippen LogP contribution in [0.15, 0.2) is 6.20 Å². The van der Waals surface area contributed by atoms with Crippen LogP contribution in [0, 0.1) is 5.41 Å². The van der Waals surface area contributed by atoms with Crippen LogP contribution in [0.5, 0.6) is 0 Å². The molecule has 15 heavy (non-hydrogen) atoms. The van der Waals surface area contributed by atoms with Gasteiger partial charge in [0, 0.05) is 23.2 Å². The molecule has 2 N–H and O–H groups in total. The van der Waals surface area contributed by atoms with Crippen molar-refractivity contribution < 1.29 is 0 Å². The Morgan fingerprint density at radius 3 is 2.93 bits per heavy atom. The van der Waals surface area contributed by atoms with Gasteiger partial charge in [-0.25, -0.2) is 0 Å². The van der Waals surface area contributed by atoms with E-state index in [4.69, 9.17) is 0 Å². The molecule has 82 valence electrons. The van der Waals surface area contributed by atoms with Crippen molar-refractivity contribution in [3.05, 3.63) is 17.5 Å². The smallest absolute Gasteiger partial charge is 0.0528 e. The third-order valence-electron chi connectivity index (χ3n) is 4.68. The predicted molar refractivity (Wildman–Crippen MR) is 59.9 cm³/mol. The molecular formula is C12H19N3. The quantitative estimate of drug-likeness (QED) is 0.675. The molecule has 0 saturated carbocycles. The Morgan fingerprint density at radius 1 is 1.33 bits per heavy atom. The number of aromatic nitrogens is 2. The molecule has 1 atom stereocenters. The second kappa shape index (κ2) is 2.85. The topological polar surface area (TPSA) is 40.7 Å². The second-order valence-corrected chi connectivity index (χ2v) is 5.65. The van der Waals surface area contributed by atoms with Crippen molar-refractivity contribution in [2.24, 2.45) is 5.41 Å². The molecule has 0 radical (unpaired) electrons. The predicted octanol–water partition coefficient (Wildman–Crippen LogP) is 1.61. The molecule has 1 aromatic heterocycles. The normalized spacial score (nSPS) is 33.2. The fourth-order valence-corrected chi connectivity index (χ4v) is 3.46. The summed E-state index contributed by atoms with van der Waals surface area (Å²) in [7, 11) is 0. The van der Waals surface area contributed by atoms with E-state index in [9.17, 15) is 0 Å². The molecule has 1 aliphatic carbocycles. The minimum atomic E-state index is 0.327. The third kappa shape index (κ3) is 1.07. The largest absolute Gasteiger partial charge is 0.316 e. The summed E-state index contributed by atoms with van der Waals surface area (Å²) in [6.45, 7) is 7.09. The van der Waals surface area contributed by atoms with Gasteiger partial charge in [0.25, 0.3) is 0 Å². The summed E-state index contributed by atoms with van der Waals surface area (Å²) in [5.74, 6) is 0. The molecule has 1 aliphatic heterocycles. The molecule has 1 aromatic rings. The Bertz CT molecular complexity index is 372. The van der Waals surface area contributed by atoms with E-state index < -0.39 is 0 Å². The van der Waals surface area contributed by atoms with Gasteiger partial charge in [-0.2, -0.15) is 5.10 Å². The van der Waals surface area contributed by atoms with Gasteiger partial charge >= 0.3 is 0 Å². The van der Waals surface area contributed by atoms with Crippen molar-refractivity contribution >= 4 is 0 Å². The lowest BCUT2D eigenvalue weighted by Crippen LogP contribution is -2.47. The number of nitrogens with one attached hydrogen (secondary N) is 2. The van der Waals surface area contributed by atoms with E-state index >= 15 is 0 Å². The van der Waals surface area contributed by atoms with Crippen LogP contribution in [0.25, 0.3) is 0 Å². The molecule has 2 aliphatic rings. The van der Waals surface area contributed by atoms with Crippen molar-refractivity contribution in [1.82, 2.24) is 15.5 Å². The van der Waals surface area contributed by atoms with E-state index in [0.29, 0.717) is 10.8 Å². The number of aromatic amines is 1. The SMILES string of the molecule is CC1(C)CCc2[nH]ncc2C12CCNC2. The van der Waals surface area contributed by atoms with Gasteiger partial charge in [-0.05, 0) is 31.2 Å². The Labute approximate surface area is 90.7 Å². The minimum absolute atomic E-state index is 0.327. The van der Waals surface area contributed by atoms with Gasteiger partial charge in [-0.15, -0.1) is 0 Å². The van der Waals surface area contributed by atoms with Crippen molar-refractivity contribution in [2.75, 3.05) is 13.1 Å². The molecule has 2 heterocycles. The molecular weight excluding hydrogens is 186 g/mol.